The van der Waals surface area contributed by atoms with E-state index in [0.29, 0.717) is 13.2 Å². The minimum atomic E-state index is -0.538. The maximum Gasteiger partial charge on any atom is 0.262 e. The number of ether oxygens (including phenoxy) is 1. The molecular formula is C26H37N2O2+. The van der Waals surface area contributed by atoms with E-state index in [4.69, 9.17) is 4.74 Å². The summed E-state index contributed by atoms with van der Waals surface area (Å²) in [7, 11) is 2.07. The van der Waals surface area contributed by atoms with Crippen LogP contribution in [0, 0.1) is 0 Å². The number of imidazole rings is 1. The standard InChI is InChI=1S/C26H37N2O2/c1-3-4-5-6-7-8-14-19-30-21-28-24-18-13-12-17-23(24)27(2)26(28)20-25(29)22-15-10-9-11-16-22/h9-13,15-18,25,29H,3-8,14,19-21H2,1-2H3/q+1. The molecule has 3 aromatic rings. The number of hydrogen-bond acceptors (Lipinski definition) is 2. The van der Waals surface area contributed by atoms with Crippen LogP contribution in [-0.2, 0) is 24.9 Å². The Labute approximate surface area is 181 Å². The molecule has 4 nitrogen and oxygen atoms in total. The van der Waals surface area contributed by atoms with Crippen LogP contribution in [0.15, 0.2) is 54.6 Å². The number of aryl methyl sites for hydroxylation is 1. The smallest absolute Gasteiger partial charge is 0.262 e. The number of nitrogens with zero attached hydrogens (tertiary/aromatic N) is 2. The van der Waals surface area contributed by atoms with E-state index in [9.17, 15) is 5.11 Å². The Morgan fingerprint density at radius 1 is 0.900 bits per heavy atom. The van der Waals surface area contributed by atoms with Gasteiger partial charge in [0.05, 0.1) is 26.2 Å². The van der Waals surface area contributed by atoms with Crippen molar-refractivity contribution in [1.29, 1.82) is 0 Å². The zero-order valence-corrected chi connectivity index (χ0v) is 18.6. The number of unbranched alkanes of at least 4 members (excludes halogenated alkanes) is 6. The molecule has 4 heteroatoms. The molecule has 1 unspecified atom stereocenters. The van der Waals surface area contributed by atoms with Gasteiger partial charge in [0.25, 0.3) is 5.82 Å². The first-order valence-corrected chi connectivity index (χ1v) is 11.5. The summed E-state index contributed by atoms with van der Waals surface area (Å²) >= 11 is 0. The highest BCUT2D eigenvalue weighted by Crippen LogP contribution is 2.21. The minimum absolute atomic E-state index is 0.522. The summed E-state index contributed by atoms with van der Waals surface area (Å²) in [5.41, 5.74) is 3.25. The summed E-state index contributed by atoms with van der Waals surface area (Å²) in [6.45, 7) is 3.56. The van der Waals surface area contributed by atoms with Gasteiger partial charge in [-0.1, -0.05) is 87.9 Å². The lowest BCUT2D eigenvalue weighted by Crippen LogP contribution is -2.34. The molecular weight excluding hydrogens is 372 g/mol. The van der Waals surface area contributed by atoms with Crippen LogP contribution in [0.25, 0.3) is 11.0 Å². The van der Waals surface area contributed by atoms with Crippen LogP contribution in [-0.4, -0.2) is 16.3 Å². The first kappa shape index (κ1) is 22.5. The third kappa shape index (κ3) is 5.93. The van der Waals surface area contributed by atoms with Crippen molar-refractivity contribution >= 4 is 11.0 Å². The molecule has 3 rings (SSSR count). The van der Waals surface area contributed by atoms with Crippen molar-refractivity contribution in [3.63, 3.8) is 0 Å². The SMILES string of the molecule is CCCCCCCCCOCn1c(CC(O)c2ccccc2)[n+](C)c2ccccc21. The van der Waals surface area contributed by atoms with Crippen LogP contribution in [0.5, 0.6) is 0 Å². The number of para-hydroxylation sites is 2. The molecule has 1 N–H and O–H groups in total. The van der Waals surface area contributed by atoms with Crippen LogP contribution < -0.4 is 4.57 Å². The van der Waals surface area contributed by atoms with Crippen molar-refractivity contribution in [2.45, 2.75) is 71.1 Å². The lowest BCUT2D eigenvalue weighted by molar-refractivity contribution is -0.654. The van der Waals surface area contributed by atoms with Gasteiger partial charge in [-0.3, -0.25) is 0 Å². The average molecular weight is 410 g/mol. The quantitative estimate of drug-likeness (QED) is 0.300. The molecule has 0 spiro atoms. The lowest BCUT2D eigenvalue weighted by atomic mass is 10.1. The first-order chi connectivity index (χ1) is 14.7. The van der Waals surface area contributed by atoms with E-state index in [2.05, 4.69) is 47.4 Å². The Morgan fingerprint density at radius 2 is 1.57 bits per heavy atom. The molecule has 0 aliphatic rings. The maximum atomic E-state index is 10.8. The highest BCUT2D eigenvalue weighted by atomic mass is 16.5. The van der Waals surface area contributed by atoms with Crippen molar-refractivity contribution < 1.29 is 14.4 Å². The predicted molar refractivity (Wildman–Crippen MR) is 122 cm³/mol. The van der Waals surface area contributed by atoms with Gasteiger partial charge < -0.3 is 9.84 Å². The molecule has 2 aromatic carbocycles. The van der Waals surface area contributed by atoms with Crippen LogP contribution in [0.4, 0.5) is 0 Å². The molecule has 0 aliphatic carbocycles. The summed E-state index contributed by atoms with van der Waals surface area (Å²) in [6, 6.07) is 18.3. The van der Waals surface area contributed by atoms with Gasteiger partial charge in [0.2, 0.25) is 0 Å². The van der Waals surface area contributed by atoms with E-state index in [1.165, 1.54) is 38.5 Å². The van der Waals surface area contributed by atoms with E-state index in [1.807, 2.05) is 30.3 Å². The van der Waals surface area contributed by atoms with E-state index in [1.54, 1.807) is 0 Å². The second-order valence-corrected chi connectivity index (χ2v) is 8.18. The topological polar surface area (TPSA) is 38.3 Å². The number of aromatic nitrogens is 2. The molecule has 1 heterocycles. The third-order valence-electron chi connectivity index (χ3n) is 5.91. The van der Waals surface area contributed by atoms with Crippen LogP contribution in [0.1, 0.15) is 69.4 Å². The van der Waals surface area contributed by atoms with Crippen LogP contribution in [0.2, 0.25) is 0 Å². The molecule has 0 amide bonds. The summed E-state index contributed by atoms with van der Waals surface area (Å²) < 4.78 is 10.5. The molecule has 0 aliphatic heterocycles. The molecule has 1 aromatic heterocycles. The predicted octanol–water partition coefficient (Wildman–Crippen LogP) is 5.47. The van der Waals surface area contributed by atoms with Gasteiger partial charge in [-0.2, -0.15) is 0 Å². The second kappa shape index (κ2) is 11.9. The Kier molecular flexibility index (Phi) is 8.91. The van der Waals surface area contributed by atoms with Gasteiger partial charge in [-0.25, -0.2) is 9.13 Å². The van der Waals surface area contributed by atoms with E-state index >= 15 is 0 Å². The van der Waals surface area contributed by atoms with E-state index in [0.717, 1.165) is 35.4 Å². The number of rotatable bonds is 13. The largest absolute Gasteiger partial charge is 0.388 e. The van der Waals surface area contributed by atoms with Crippen molar-refractivity contribution in [2.75, 3.05) is 6.61 Å². The minimum Gasteiger partial charge on any atom is -0.388 e. The van der Waals surface area contributed by atoms with E-state index in [-0.39, 0.29) is 0 Å². The van der Waals surface area contributed by atoms with Crippen molar-refractivity contribution in [2.24, 2.45) is 7.05 Å². The fourth-order valence-electron chi connectivity index (χ4n) is 4.11. The molecule has 0 saturated heterocycles. The zero-order chi connectivity index (χ0) is 21.2. The second-order valence-electron chi connectivity index (χ2n) is 8.18. The zero-order valence-electron chi connectivity index (χ0n) is 18.6. The number of aliphatic hydroxyl groups excluding tert-OH is 1. The Morgan fingerprint density at radius 3 is 2.33 bits per heavy atom. The summed E-state index contributed by atoms with van der Waals surface area (Å²) in [4.78, 5) is 0. The van der Waals surface area contributed by atoms with E-state index < -0.39 is 6.10 Å². The summed E-state index contributed by atoms with van der Waals surface area (Å²) in [5.74, 6) is 1.08. The molecule has 0 radical (unpaired) electrons. The summed E-state index contributed by atoms with van der Waals surface area (Å²) in [6.07, 6.45) is 9.02. The van der Waals surface area contributed by atoms with Gasteiger partial charge in [0.1, 0.15) is 0 Å². The number of fused-ring (bicyclic) bond motifs is 1. The van der Waals surface area contributed by atoms with Crippen LogP contribution >= 0.6 is 0 Å². The van der Waals surface area contributed by atoms with Gasteiger partial charge in [-0.15, -0.1) is 0 Å². The molecule has 30 heavy (non-hydrogen) atoms. The molecule has 1 atom stereocenters. The van der Waals surface area contributed by atoms with Crippen molar-refractivity contribution in [3.8, 4) is 0 Å². The highest BCUT2D eigenvalue weighted by Gasteiger charge is 2.25. The molecule has 0 bridgehead atoms. The fraction of sp³-hybridized carbons (Fsp3) is 0.500. The van der Waals surface area contributed by atoms with Gasteiger partial charge in [0.15, 0.2) is 17.8 Å². The van der Waals surface area contributed by atoms with Gasteiger partial charge in [-0.05, 0) is 24.1 Å². The Hall–Kier alpha value is -2.17. The van der Waals surface area contributed by atoms with Gasteiger partial charge in [0, 0.05) is 0 Å². The van der Waals surface area contributed by atoms with Gasteiger partial charge >= 0.3 is 0 Å². The first-order valence-electron chi connectivity index (χ1n) is 11.5. The molecule has 0 fully saturated rings. The molecule has 162 valence electrons. The fourth-order valence-corrected chi connectivity index (χ4v) is 4.11. The highest BCUT2D eigenvalue weighted by molar-refractivity contribution is 5.72. The number of hydrogen-bond donors (Lipinski definition) is 1. The normalized spacial score (nSPS) is 12.5. The van der Waals surface area contributed by atoms with Crippen LogP contribution in [0.3, 0.4) is 0 Å². The number of benzene rings is 2. The summed E-state index contributed by atoms with van der Waals surface area (Å²) in [5, 5.41) is 10.8. The molecule has 0 saturated carbocycles. The van der Waals surface area contributed by atoms with Crippen molar-refractivity contribution in [3.05, 3.63) is 66.0 Å². The maximum absolute atomic E-state index is 10.8. The monoisotopic (exact) mass is 409 g/mol. The Bertz CT molecular complexity index is 889. The Balaban J connectivity index is 1.62. The average Bonchev–Trinajstić information content (AvgIpc) is 3.04. The van der Waals surface area contributed by atoms with Crippen molar-refractivity contribution in [1.82, 2.24) is 4.57 Å². The lowest BCUT2D eigenvalue weighted by Gasteiger charge is -2.10. The third-order valence-corrected chi connectivity index (χ3v) is 5.91. The number of aliphatic hydroxyl groups is 1.